The van der Waals surface area contributed by atoms with Gasteiger partial charge in [-0.05, 0) is 80.5 Å². The van der Waals surface area contributed by atoms with E-state index in [1.54, 1.807) is 7.11 Å². The number of aromatic nitrogens is 1. The van der Waals surface area contributed by atoms with Crippen LogP contribution in [0.3, 0.4) is 0 Å². The van der Waals surface area contributed by atoms with E-state index in [9.17, 15) is 9.90 Å². The minimum Gasteiger partial charge on any atom is -0.390 e. The number of nitrogens with zero attached hydrogens (tertiary/aromatic N) is 5. The summed E-state index contributed by atoms with van der Waals surface area (Å²) < 4.78 is 5.20. The molecular formula is C32H44N6O3. The number of rotatable bonds is 7. The molecule has 4 saturated carbocycles. The number of amides is 2. The van der Waals surface area contributed by atoms with E-state index < -0.39 is 5.60 Å². The minimum atomic E-state index is -0.489. The summed E-state index contributed by atoms with van der Waals surface area (Å²) in [5, 5.41) is 14.4. The van der Waals surface area contributed by atoms with Gasteiger partial charge in [0.1, 0.15) is 5.82 Å². The fourth-order valence-corrected chi connectivity index (χ4v) is 8.64. The molecule has 8 rings (SSSR count). The van der Waals surface area contributed by atoms with Crippen LogP contribution in [0.1, 0.15) is 38.5 Å². The molecule has 5 atom stereocenters. The highest BCUT2D eigenvalue weighted by molar-refractivity contribution is 5.98. The molecule has 6 aliphatic rings. The van der Waals surface area contributed by atoms with Gasteiger partial charge in [0.25, 0.3) is 0 Å². The van der Waals surface area contributed by atoms with Gasteiger partial charge in [0.2, 0.25) is 0 Å². The number of methoxy groups -OCH3 is 1. The van der Waals surface area contributed by atoms with Crippen LogP contribution in [-0.4, -0.2) is 92.2 Å². The highest BCUT2D eigenvalue weighted by Gasteiger charge is 2.55. The van der Waals surface area contributed by atoms with Crippen LogP contribution in [0.2, 0.25) is 0 Å². The topological polar surface area (TPSA) is 84.4 Å². The molecule has 0 radical (unpaired) electrons. The molecule has 3 unspecified atom stereocenters. The molecule has 1 aromatic carbocycles. The Bertz CT molecular complexity index is 1220. The number of hydrogen-bond acceptors (Lipinski definition) is 7. The van der Waals surface area contributed by atoms with E-state index >= 15 is 0 Å². The number of carbonyl (C=O) groups is 1. The van der Waals surface area contributed by atoms with Crippen LogP contribution in [0.4, 0.5) is 27.7 Å². The predicted octanol–water partition coefficient (Wildman–Crippen LogP) is 3.85. The van der Waals surface area contributed by atoms with Crippen LogP contribution >= 0.6 is 0 Å². The average molecular weight is 561 g/mol. The quantitative estimate of drug-likeness (QED) is 0.498. The van der Waals surface area contributed by atoms with Crippen LogP contribution in [0, 0.1) is 17.8 Å². The Labute approximate surface area is 243 Å². The van der Waals surface area contributed by atoms with Crippen molar-refractivity contribution in [2.75, 3.05) is 74.2 Å². The second kappa shape index (κ2) is 11.1. The maximum atomic E-state index is 13.7. The Balaban J connectivity index is 1.01. The first-order chi connectivity index (χ1) is 20.0. The zero-order valence-electron chi connectivity index (χ0n) is 24.3. The van der Waals surface area contributed by atoms with E-state index in [0.29, 0.717) is 30.8 Å². The van der Waals surface area contributed by atoms with E-state index in [-0.39, 0.29) is 12.1 Å². The maximum Gasteiger partial charge on any atom is 0.322 e. The number of carbonyl (C=O) groups excluding carboxylic acids is 1. The molecule has 5 fully saturated rings. The maximum absolute atomic E-state index is 13.7. The predicted molar refractivity (Wildman–Crippen MR) is 161 cm³/mol. The van der Waals surface area contributed by atoms with E-state index in [1.807, 2.05) is 29.3 Å². The van der Waals surface area contributed by atoms with Crippen molar-refractivity contribution in [2.45, 2.75) is 50.2 Å². The first-order valence-corrected chi connectivity index (χ1v) is 15.6. The van der Waals surface area contributed by atoms with Crippen molar-refractivity contribution in [2.24, 2.45) is 17.8 Å². The van der Waals surface area contributed by atoms with Gasteiger partial charge in [-0.1, -0.05) is 12.1 Å². The lowest BCUT2D eigenvalue weighted by Crippen LogP contribution is -2.63. The highest BCUT2D eigenvalue weighted by atomic mass is 16.5. The summed E-state index contributed by atoms with van der Waals surface area (Å²) in [7, 11) is 1.76. The smallest absolute Gasteiger partial charge is 0.322 e. The summed E-state index contributed by atoms with van der Waals surface area (Å²) in [4.78, 5) is 27.7. The number of hydrogen-bond donors (Lipinski definition) is 2. The molecule has 1 aromatic heterocycles. The van der Waals surface area contributed by atoms with Crippen molar-refractivity contribution < 1.29 is 14.6 Å². The molecule has 3 heterocycles. The van der Waals surface area contributed by atoms with Gasteiger partial charge in [-0.2, -0.15) is 0 Å². The summed E-state index contributed by atoms with van der Waals surface area (Å²) in [6.45, 7) is 7.34. The lowest BCUT2D eigenvalue weighted by molar-refractivity contribution is -0.136. The monoisotopic (exact) mass is 560 g/mol. The molecule has 2 amide bonds. The lowest BCUT2D eigenvalue weighted by atomic mass is 9.52. The summed E-state index contributed by atoms with van der Waals surface area (Å²) in [5.41, 5.74) is 2.61. The Kier molecular flexibility index (Phi) is 7.29. The molecule has 2 N–H and O–H groups in total. The molecule has 220 valence electrons. The van der Waals surface area contributed by atoms with Crippen molar-refractivity contribution in [3.05, 3.63) is 42.6 Å². The van der Waals surface area contributed by atoms with Gasteiger partial charge in [0, 0.05) is 65.6 Å². The zero-order chi connectivity index (χ0) is 28.0. The van der Waals surface area contributed by atoms with Gasteiger partial charge in [-0.3, -0.25) is 9.80 Å². The normalized spacial score (nSPS) is 30.9. The summed E-state index contributed by atoms with van der Waals surface area (Å²) in [6.07, 6.45) is 7.98. The Morgan fingerprint density at radius 1 is 1.00 bits per heavy atom. The Morgan fingerprint density at radius 2 is 1.76 bits per heavy atom. The average Bonchev–Trinajstić information content (AvgIpc) is 2.98. The van der Waals surface area contributed by atoms with Crippen LogP contribution in [0.15, 0.2) is 42.6 Å². The summed E-state index contributed by atoms with van der Waals surface area (Å²) in [5.74, 6) is 2.33. The number of fused-ring (bicyclic) bond motifs is 1. The van der Waals surface area contributed by atoms with Crippen LogP contribution in [0.5, 0.6) is 0 Å². The van der Waals surface area contributed by atoms with Crippen LogP contribution < -0.4 is 20.0 Å². The lowest BCUT2D eigenvalue weighted by Gasteiger charge is -2.58. The van der Waals surface area contributed by atoms with Crippen LogP contribution in [-0.2, 0) is 4.74 Å². The van der Waals surface area contributed by atoms with Crippen molar-refractivity contribution in [1.29, 1.82) is 0 Å². The number of piperazine rings is 1. The second-order valence-corrected chi connectivity index (χ2v) is 13.0. The molecule has 9 nitrogen and oxygen atoms in total. The molecule has 0 spiro atoms. The molecule has 2 aromatic rings. The van der Waals surface area contributed by atoms with Crippen molar-refractivity contribution in [3.8, 4) is 0 Å². The second-order valence-electron chi connectivity index (χ2n) is 13.0. The highest BCUT2D eigenvalue weighted by Crippen LogP contribution is 2.55. The van der Waals surface area contributed by atoms with E-state index in [2.05, 4.69) is 38.2 Å². The molecule has 2 aliphatic heterocycles. The number of urea groups is 1. The third kappa shape index (κ3) is 5.28. The Hall–Kier alpha value is -2.88. The first kappa shape index (κ1) is 27.0. The van der Waals surface area contributed by atoms with Crippen molar-refractivity contribution >= 4 is 28.9 Å². The minimum absolute atomic E-state index is 0.00812. The Morgan fingerprint density at radius 3 is 2.44 bits per heavy atom. The number of para-hydroxylation sites is 2. The fraction of sp³-hybridized carbons (Fsp3) is 0.625. The summed E-state index contributed by atoms with van der Waals surface area (Å²) >= 11 is 0. The zero-order valence-corrected chi connectivity index (χ0v) is 24.3. The SMILES string of the molecule is COCCCN1CCN(c2ccc(N3CCN(C(=O)NC4[C@@H]5CC6C[C@H]4CC(O)(C6)C5)c4ccccc43)nc2)CC1. The van der Waals surface area contributed by atoms with Gasteiger partial charge in [0.15, 0.2) is 0 Å². The molecular weight excluding hydrogens is 516 g/mol. The third-order valence-corrected chi connectivity index (χ3v) is 10.4. The number of nitrogens with one attached hydrogen (secondary N) is 1. The van der Waals surface area contributed by atoms with Gasteiger partial charge < -0.3 is 25.0 Å². The van der Waals surface area contributed by atoms with E-state index in [1.165, 1.54) is 0 Å². The van der Waals surface area contributed by atoms with Crippen LogP contribution in [0.25, 0.3) is 0 Å². The number of aliphatic hydroxyl groups is 1. The van der Waals surface area contributed by atoms with Gasteiger partial charge in [0.05, 0.1) is 28.9 Å². The largest absolute Gasteiger partial charge is 0.390 e. The molecule has 4 bridgehead atoms. The fourth-order valence-electron chi connectivity index (χ4n) is 8.64. The standard InChI is InChI=1S/C32H44N6O3/c1-41-16-4-9-35-10-12-36(13-11-35)26-7-8-29(33-22-26)37-14-15-38(28-6-3-2-5-27(28)37)31(39)34-30-24-17-23-18-25(30)21-32(40,19-23)20-24/h2-3,5-8,22-25,30,40H,4,9-21H2,1H3,(H,34,39)/t23?,24-,25+,30?,32?. The molecule has 4 aliphatic carbocycles. The van der Waals surface area contributed by atoms with Gasteiger partial charge in [-0.15, -0.1) is 0 Å². The molecule has 41 heavy (non-hydrogen) atoms. The first-order valence-electron chi connectivity index (χ1n) is 15.6. The van der Waals surface area contributed by atoms with Gasteiger partial charge >= 0.3 is 6.03 Å². The van der Waals surface area contributed by atoms with E-state index in [0.717, 1.165) is 101 Å². The van der Waals surface area contributed by atoms with E-state index in [4.69, 9.17) is 9.72 Å². The number of ether oxygens (including phenoxy) is 1. The van der Waals surface area contributed by atoms with Crippen molar-refractivity contribution in [3.63, 3.8) is 0 Å². The molecule has 9 heteroatoms. The number of pyridine rings is 1. The number of benzene rings is 1. The van der Waals surface area contributed by atoms with Crippen molar-refractivity contribution in [1.82, 2.24) is 15.2 Å². The van der Waals surface area contributed by atoms with Gasteiger partial charge in [-0.25, -0.2) is 9.78 Å². The molecule has 1 saturated heterocycles. The summed E-state index contributed by atoms with van der Waals surface area (Å²) in [6, 6.07) is 12.6. The number of anilines is 4. The third-order valence-electron chi connectivity index (χ3n) is 10.4.